The van der Waals surface area contributed by atoms with Gasteiger partial charge in [0.1, 0.15) is 23.3 Å². The molecule has 0 aliphatic rings. The van der Waals surface area contributed by atoms with E-state index < -0.39 is 0 Å². The molecule has 0 aliphatic carbocycles. The predicted octanol–water partition coefficient (Wildman–Crippen LogP) is 4.38. The molecular weight excluding hydrogens is 297 g/mol. The second-order valence-corrected chi connectivity index (χ2v) is 6.14. The Morgan fingerprint density at radius 3 is 2.68 bits per heavy atom. The van der Waals surface area contributed by atoms with E-state index in [1.807, 2.05) is 19.1 Å². The van der Waals surface area contributed by atoms with Gasteiger partial charge in [-0.3, -0.25) is 0 Å². The van der Waals surface area contributed by atoms with E-state index >= 15 is 0 Å². The van der Waals surface area contributed by atoms with Gasteiger partial charge in [0.25, 0.3) is 0 Å². The van der Waals surface area contributed by atoms with Crippen molar-refractivity contribution in [2.75, 3.05) is 5.73 Å². The van der Waals surface area contributed by atoms with Crippen molar-refractivity contribution < 1.29 is 4.39 Å². The summed E-state index contributed by atoms with van der Waals surface area (Å²) in [4.78, 5) is 6.33. The van der Waals surface area contributed by atoms with E-state index in [0.29, 0.717) is 16.8 Å². The van der Waals surface area contributed by atoms with Crippen molar-refractivity contribution in [3.8, 4) is 27.8 Å². The number of rotatable bonds is 2. The molecule has 0 atom stereocenters. The van der Waals surface area contributed by atoms with Gasteiger partial charge in [-0.15, -0.1) is 11.3 Å². The van der Waals surface area contributed by atoms with Crippen LogP contribution in [0.2, 0.25) is 0 Å². The van der Waals surface area contributed by atoms with Gasteiger partial charge in [-0.1, -0.05) is 12.1 Å². The molecule has 0 amide bonds. The molecule has 22 heavy (non-hydrogen) atoms. The maximum atomic E-state index is 13.4. The Bertz CT molecular complexity index is 893. The van der Waals surface area contributed by atoms with Gasteiger partial charge in [0.05, 0.1) is 5.69 Å². The normalized spacial score (nSPS) is 10.4. The van der Waals surface area contributed by atoms with E-state index in [2.05, 4.69) is 11.1 Å². The van der Waals surface area contributed by atoms with Crippen molar-refractivity contribution in [1.29, 1.82) is 5.26 Å². The molecule has 0 spiro atoms. The Hall–Kier alpha value is -2.71. The number of hydrogen-bond donors (Lipinski definition) is 1. The molecule has 2 aromatic heterocycles. The smallest absolute Gasteiger partial charge is 0.142 e. The molecule has 0 aliphatic heterocycles. The van der Waals surface area contributed by atoms with E-state index in [4.69, 9.17) is 5.73 Å². The Labute approximate surface area is 131 Å². The van der Waals surface area contributed by atoms with Gasteiger partial charge in [-0.2, -0.15) is 5.26 Å². The second-order valence-electron chi connectivity index (χ2n) is 4.85. The third kappa shape index (κ3) is 2.57. The minimum Gasteiger partial charge on any atom is -0.383 e. The minimum atomic E-state index is -0.337. The van der Waals surface area contributed by atoms with Crippen molar-refractivity contribution in [1.82, 2.24) is 4.98 Å². The summed E-state index contributed by atoms with van der Waals surface area (Å²) in [6, 6.07) is 14.0. The van der Waals surface area contributed by atoms with E-state index in [1.165, 1.54) is 12.1 Å². The molecule has 3 nitrogen and oxygen atoms in total. The lowest BCUT2D eigenvalue weighted by atomic mass is 10.0. The van der Waals surface area contributed by atoms with Gasteiger partial charge in [-0.05, 0) is 37.3 Å². The number of nitrogens with two attached hydrogens (primary N) is 1. The van der Waals surface area contributed by atoms with Crippen LogP contribution >= 0.6 is 11.3 Å². The molecule has 5 heteroatoms. The first-order chi connectivity index (χ1) is 10.6. The van der Waals surface area contributed by atoms with Crippen LogP contribution in [0.3, 0.4) is 0 Å². The van der Waals surface area contributed by atoms with Crippen LogP contribution in [0.25, 0.3) is 21.7 Å². The third-order valence-corrected chi connectivity index (χ3v) is 4.32. The minimum absolute atomic E-state index is 0.158. The monoisotopic (exact) mass is 309 g/mol. The van der Waals surface area contributed by atoms with Crippen LogP contribution < -0.4 is 5.73 Å². The van der Waals surface area contributed by atoms with Gasteiger partial charge in [0.15, 0.2) is 0 Å². The lowest BCUT2D eigenvalue weighted by molar-refractivity contribution is 0.628. The van der Waals surface area contributed by atoms with Crippen molar-refractivity contribution in [2.24, 2.45) is 0 Å². The number of aromatic nitrogens is 1. The van der Waals surface area contributed by atoms with Gasteiger partial charge in [0, 0.05) is 20.9 Å². The third-order valence-electron chi connectivity index (χ3n) is 3.29. The van der Waals surface area contributed by atoms with Crippen LogP contribution in [0.1, 0.15) is 10.4 Å². The number of halogens is 1. The molecule has 2 heterocycles. The highest BCUT2D eigenvalue weighted by atomic mass is 32.1. The Morgan fingerprint density at radius 2 is 2.05 bits per heavy atom. The van der Waals surface area contributed by atoms with Crippen LogP contribution in [-0.2, 0) is 0 Å². The van der Waals surface area contributed by atoms with Gasteiger partial charge in [-0.25, -0.2) is 9.37 Å². The topological polar surface area (TPSA) is 62.7 Å². The van der Waals surface area contributed by atoms with Crippen LogP contribution in [-0.4, -0.2) is 4.98 Å². The SMILES string of the molecule is Cc1ccc(-c2cc(-c3cccc(F)c3)nc(N)c2C#N)s1. The summed E-state index contributed by atoms with van der Waals surface area (Å²) >= 11 is 1.58. The highest BCUT2D eigenvalue weighted by Gasteiger charge is 2.14. The summed E-state index contributed by atoms with van der Waals surface area (Å²) in [5.74, 6) is -0.180. The fourth-order valence-corrected chi connectivity index (χ4v) is 3.14. The summed E-state index contributed by atoms with van der Waals surface area (Å²) in [6.07, 6.45) is 0. The first-order valence-corrected chi connectivity index (χ1v) is 7.43. The van der Waals surface area contributed by atoms with E-state index in [9.17, 15) is 9.65 Å². The lowest BCUT2D eigenvalue weighted by Gasteiger charge is -2.09. The first kappa shape index (κ1) is 14.2. The quantitative estimate of drug-likeness (QED) is 0.764. The van der Waals surface area contributed by atoms with Gasteiger partial charge in [0.2, 0.25) is 0 Å². The largest absolute Gasteiger partial charge is 0.383 e. The van der Waals surface area contributed by atoms with E-state index in [0.717, 1.165) is 15.3 Å². The number of nitrogens with zero attached hydrogens (tertiary/aromatic N) is 2. The second kappa shape index (κ2) is 5.58. The highest BCUT2D eigenvalue weighted by molar-refractivity contribution is 7.15. The highest BCUT2D eigenvalue weighted by Crippen LogP contribution is 2.35. The number of thiophene rings is 1. The van der Waals surface area contributed by atoms with Crippen molar-refractivity contribution in [2.45, 2.75) is 6.92 Å². The summed E-state index contributed by atoms with van der Waals surface area (Å²) in [5, 5.41) is 9.35. The molecule has 0 radical (unpaired) electrons. The number of pyridine rings is 1. The van der Waals surface area contributed by atoms with Crippen molar-refractivity contribution in [3.05, 3.63) is 58.7 Å². The van der Waals surface area contributed by atoms with Crippen LogP contribution in [0, 0.1) is 24.1 Å². The summed E-state index contributed by atoms with van der Waals surface area (Å²) in [7, 11) is 0. The molecule has 3 rings (SSSR count). The molecule has 0 unspecified atom stereocenters. The standard InChI is InChI=1S/C17H12FN3S/c1-10-5-6-16(22-10)13-8-15(21-17(20)14(13)9-19)11-3-2-4-12(18)7-11/h2-8H,1H3,(H2,20,21). The van der Waals surface area contributed by atoms with Gasteiger partial charge < -0.3 is 5.73 Å². The fraction of sp³-hybridized carbons (Fsp3) is 0.0588. The van der Waals surface area contributed by atoms with Crippen LogP contribution in [0.15, 0.2) is 42.5 Å². The van der Waals surface area contributed by atoms with Crippen molar-refractivity contribution in [3.63, 3.8) is 0 Å². The van der Waals surface area contributed by atoms with Crippen molar-refractivity contribution >= 4 is 17.2 Å². The molecule has 0 saturated heterocycles. The predicted molar refractivity (Wildman–Crippen MR) is 86.8 cm³/mol. The first-order valence-electron chi connectivity index (χ1n) is 6.62. The molecule has 0 bridgehead atoms. The number of nitriles is 1. The number of anilines is 1. The zero-order valence-corrected chi connectivity index (χ0v) is 12.6. The molecular formula is C17H12FN3S. The molecule has 3 aromatic rings. The number of aryl methyl sites for hydroxylation is 1. The molecule has 1 aromatic carbocycles. The van der Waals surface area contributed by atoms with Crippen LogP contribution in [0.5, 0.6) is 0 Å². The maximum absolute atomic E-state index is 13.4. The average molecular weight is 309 g/mol. The summed E-state index contributed by atoms with van der Waals surface area (Å²) < 4.78 is 13.4. The van der Waals surface area contributed by atoms with E-state index in [-0.39, 0.29) is 11.6 Å². The lowest BCUT2D eigenvalue weighted by Crippen LogP contribution is -1.99. The number of hydrogen-bond acceptors (Lipinski definition) is 4. The zero-order valence-electron chi connectivity index (χ0n) is 11.8. The average Bonchev–Trinajstić information content (AvgIpc) is 2.93. The Morgan fingerprint density at radius 1 is 1.23 bits per heavy atom. The fourth-order valence-electron chi connectivity index (χ4n) is 2.25. The Balaban J connectivity index is 2.23. The molecule has 108 valence electrons. The molecule has 0 saturated carbocycles. The number of benzene rings is 1. The zero-order chi connectivity index (χ0) is 15.7. The Kier molecular flexibility index (Phi) is 3.61. The van der Waals surface area contributed by atoms with E-state index in [1.54, 1.807) is 29.5 Å². The molecule has 2 N–H and O–H groups in total. The number of nitrogen functional groups attached to an aromatic ring is 1. The van der Waals surface area contributed by atoms with Crippen LogP contribution in [0.4, 0.5) is 10.2 Å². The molecule has 0 fully saturated rings. The van der Waals surface area contributed by atoms with Gasteiger partial charge >= 0.3 is 0 Å². The summed E-state index contributed by atoms with van der Waals surface area (Å²) in [6.45, 7) is 2.00. The maximum Gasteiger partial charge on any atom is 0.142 e. The summed E-state index contributed by atoms with van der Waals surface area (Å²) in [5.41, 5.74) is 8.19.